The Hall–Kier alpha value is -3.39. The molecule has 1 aliphatic heterocycles. The Balaban J connectivity index is 1.46. The number of nitrogens with one attached hydrogen (secondary N) is 1. The fourth-order valence-corrected chi connectivity index (χ4v) is 3.38. The molecule has 0 aliphatic carbocycles. The third-order valence-corrected chi connectivity index (χ3v) is 5.23. The second kappa shape index (κ2) is 9.18. The Bertz CT molecular complexity index is 1130. The predicted molar refractivity (Wildman–Crippen MR) is 117 cm³/mol. The highest BCUT2D eigenvalue weighted by Gasteiger charge is 2.19. The molecule has 1 amide bonds. The SMILES string of the molecule is Cc1ccc(CNC(=O)COc2ccc3c(=O)nc(N4CCOCC4)oc3c2C)cc1. The topological polar surface area (TPSA) is 93.9 Å². The molecule has 4 rings (SSSR count). The van der Waals surface area contributed by atoms with Crippen molar-refractivity contribution in [2.75, 3.05) is 37.8 Å². The van der Waals surface area contributed by atoms with Crippen LogP contribution < -0.4 is 20.5 Å². The average molecular weight is 423 g/mol. The Morgan fingerprint density at radius 2 is 1.87 bits per heavy atom. The Kier molecular flexibility index (Phi) is 6.18. The van der Waals surface area contributed by atoms with E-state index in [4.69, 9.17) is 13.9 Å². The van der Waals surface area contributed by atoms with Gasteiger partial charge in [0.25, 0.3) is 11.5 Å². The summed E-state index contributed by atoms with van der Waals surface area (Å²) in [5, 5.41) is 3.22. The third-order valence-electron chi connectivity index (χ3n) is 5.23. The van der Waals surface area contributed by atoms with Crippen LogP contribution in [0.1, 0.15) is 16.7 Å². The largest absolute Gasteiger partial charge is 0.483 e. The molecular weight excluding hydrogens is 398 g/mol. The van der Waals surface area contributed by atoms with Crippen molar-refractivity contribution in [3.8, 4) is 5.75 Å². The zero-order valence-corrected chi connectivity index (χ0v) is 17.6. The molecule has 162 valence electrons. The number of morpholine rings is 1. The van der Waals surface area contributed by atoms with Gasteiger partial charge in [-0.3, -0.25) is 9.59 Å². The van der Waals surface area contributed by atoms with E-state index in [9.17, 15) is 9.59 Å². The van der Waals surface area contributed by atoms with Crippen LogP contribution in [0.5, 0.6) is 5.75 Å². The summed E-state index contributed by atoms with van der Waals surface area (Å²) in [5.74, 6) is 0.255. The van der Waals surface area contributed by atoms with Crippen molar-refractivity contribution < 1.29 is 18.7 Å². The summed E-state index contributed by atoms with van der Waals surface area (Å²) in [7, 11) is 0. The summed E-state index contributed by atoms with van der Waals surface area (Å²) < 4.78 is 17.0. The molecule has 0 saturated carbocycles. The number of aryl methyl sites for hydroxylation is 2. The van der Waals surface area contributed by atoms with Crippen LogP contribution in [0.15, 0.2) is 45.6 Å². The van der Waals surface area contributed by atoms with E-state index < -0.39 is 0 Å². The van der Waals surface area contributed by atoms with Crippen molar-refractivity contribution in [3.05, 3.63) is 63.4 Å². The number of carbonyl (C=O) groups is 1. The molecule has 0 radical (unpaired) electrons. The molecule has 8 heteroatoms. The fraction of sp³-hybridized carbons (Fsp3) is 0.348. The van der Waals surface area contributed by atoms with Crippen LogP contribution in [0, 0.1) is 13.8 Å². The average Bonchev–Trinajstić information content (AvgIpc) is 2.79. The predicted octanol–water partition coefficient (Wildman–Crippen LogP) is 2.34. The van der Waals surface area contributed by atoms with Gasteiger partial charge in [-0.15, -0.1) is 0 Å². The summed E-state index contributed by atoms with van der Waals surface area (Å²) in [6.07, 6.45) is 0. The van der Waals surface area contributed by atoms with E-state index in [-0.39, 0.29) is 24.1 Å². The van der Waals surface area contributed by atoms with Crippen molar-refractivity contribution in [3.63, 3.8) is 0 Å². The van der Waals surface area contributed by atoms with Gasteiger partial charge in [0.05, 0.1) is 18.6 Å². The van der Waals surface area contributed by atoms with Crippen LogP contribution in [0.3, 0.4) is 0 Å². The maximum atomic E-state index is 12.5. The number of ether oxygens (including phenoxy) is 2. The number of fused-ring (bicyclic) bond motifs is 1. The summed E-state index contributed by atoms with van der Waals surface area (Å²) in [5.41, 5.74) is 2.90. The van der Waals surface area contributed by atoms with Gasteiger partial charge in [0, 0.05) is 25.2 Å². The van der Waals surface area contributed by atoms with Crippen molar-refractivity contribution >= 4 is 22.9 Å². The molecule has 31 heavy (non-hydrogen) atoms. The van der Waals surface area contributed by atoms with Crippen LogP contribution in [0.25, 0.3) is 11.0 Å². The first-order valence-electron chi connectivity index (χ1n) is 10.2. The highest BCUT2D eigenvalue weighted by atomic mass is 16.5. The molecule has 3 aromatic rings. The quantitative estimate of drug-likeness (QED) is 0.650. The molecule has 1 aromatic heterocycles. The lowest BCUT2D eigenvalue weighted by Crippen LogP contribution is -2.37. The molecule has 0 atom stereocenters. The van der Waals surface area contributed by atoms with Gasteiger partial charge < -0.3 is 24.1 Å². The lowest BCUT2D eigenvalue weighted by atomic mass is 10.1. The lowest BCUT2D eigenvalue weighted by Gasteiger charge is -2.26. The third kappa shape index (κ3) is 4.86. The van der Waals surface area contributed by atoms with Crippen LogP contribution in [-0.2, 0) is 16.1 Å². The Labute approximate surface area is 179 Å². The second-order valence-electron chi connectivity index (χ2n) is 7.52. The van der Waals surface area contributed by atoms with E-state index in [0.29, 0.717) is 55.1 Å². The normalized spacial score (nSPS) is 13.9. The zero-order valence-electron chi connectivity index (χ0n) is 17.6. The minimum Gasteiger partial charge on any atom is -0.483 e. The maximum absolute atomic E-state index is 12.5. The second-order valence-corrected chi connectivity index (χ2v) is 7.52. The molecule has 0 spiro atoms. The number of hydrogen-bond donors (Lipinski definition) is 1. The van der Waals surface area contributed by atoms with Crippen molar-refractivity contribution in [2.45, 2.75) is 20.4 Å². The van der Waals surface area contributed by atoms with E-state index >= 15 is 0 Å². The van der Waals surface area contributed by atoms with Crippen LogP contribution in [0.4, 0.5) is 6.01 Å². The van der Waals surface area contributed by atoms with E-state index in [1.165, 1.54) is 5.56 Å². The Morgan fingerprint density at radius 3 is 2.61 bits per heavy atom. The Morgan fingerprint density at radius 1 is 1.13 bits per heavy atom. The van der Waals surface area contributed by atoms with Gasteiger partial charge in [0.1, 0.15) is 5.75 Å². The van der Waals surface area contributed by atoms with Crippen molar-refractivity contribution in [2.24, 2.45) is 0 Å². The summed E-state index contributed by atoms with van der Waals surface area (Å²) >= 11 is 0. The minimum absolute atomic E-state index is 0.135. The highest BCUT2D eigenvalue weighted by molar-refractivity contribution is 5.82. The monoisotopic (exact) mass is 423 g/mol. The molecule has 0 unspecified atom stereocenters. The number of nitrogens with zero attached hydrogens (tertiary/aromatic N) is 2. The molecule has 2 heterocycles. The number of amides is 1. The van der Waals surface area contributed by atoms with E-state index in [2.05, 4.69) is 10.3 Å². The number of rotatable bonds is 6. The maximum Gasteiger partial charge on any atom is 0.301 e. The van der Waals surface area contributed by atoms with Gasteiger partial charge in [-0.2, -0.15) is 4.98 Å². The van der Waals surface area contributed by atoms with E-state index in [1.807, 2.05) is 36.1 Å². The summed E-state index contributed by atoms with van der Waals surface area (Å²) in [6, 6.07) is 11.5. The number of aromatic nitrogens is 1. The summed E-state index contributed by atoms with van der Waals surface area (Å²) in [6.45, 7) is 6.45. The molecule has 8 nitrogen and oxygen atoms in total. The van der Waals surface area contributed by atoms with Crippen molar-refractivity contribution in [1.29, 1.82) is 0 Å². The summed E-state index contributed by atoms with van der Waals surface area (Å²) in [4.78, 5) is 30.6. The van der Waals surface area contributed by atoms with E-state index in [1.54, 1.807) is 19.1 Å². The van der Waals surface area contributed by atoms with Gasteiger partial charge >= 0.3 is 6.01 Å². The highest BCUT2D eigenvalue weighted by Crippen LogP contribution is 2.27. The lowest BCUT2D eigenvalue weighted by molar-refractivity contribution is -0.123. The molecule has 2 aromatic carbocycles. The van der Waals surface area contributed by atoms with E-state index in [0.717, 1.165) is 5.56 Å². The molecule has 1 saturated heterocycles. The van der Waals surface area contributed by atoms with Crippen LogP contribution in [-0.4, -0.2) is 43.8 Å². The number of anilines is 1. The smallest absolute Gasteiger partial charge is 0.301 e. The van der Waals surface area contributed by atoms with Gasteiger partial charge in [-0.25, -0.2) is 0 Å². The standard InChI is InChI=1S/C23H25N3O5/c1-15-3-5-17(6-4-15)13-24-20(27)14-30-19-8-7-18-21(16(19)2)31-23(25-22(18)28)26-9-11-29-12-10-26/h3-8H,9-14H2,1-2H3,(H,24,27). The molecular formula is C23H25N3O5. The van der Waals surface area contributed by atoms with Crippen LogP contribution in [0.2, 0.25) is 0 Å². The fourth-order valence-electron chi connectivity index (χ4n) is 3.38. The van der Waals surface area contributed by atoms with Crippen LogP contribution >= 0.6 is 0 Å². The number of carbonyl (C=O) groups excluding carboxylic acids is 1. The zero-order chi connectivity index (χ0) is 21.8. The number of hydrogen-bond acceptors (Lipinski definition) is 7. The van der Waals surface area contributed by atoms with Gasteiger partial charge in [-0.1, -0.05) is 29.8 Å². The number of benzene rings is 2. The first-order valence-corrected chi connectivity index (χ1v) is 10.2. The molecule has 1 aliphatic rings. The first-order chi connectivity index (χ1) is 15.0. The van der Waals surface area contributed by atoms with Gasteiger partial charge in [0.2, 0.25) is 0 Å². The molecule has 1 fully saturated rings. The van der Waals surface area contributed by atoms with Gasteiger partial charge in [0.15, 0.2) is 12.2 Å². The van der Waals surface area contributed by atoms with Crippen molar-refractivity contribution in [1.82, 2.24) is 10.3 Å². The molecule has 1 N–H and O–H groups in total. The molecule has 0 bridgehead atoms. The van der Waals surface area contributed by atoms with Gasteiger partial charge in [-0.05, 0) is 31.5 Å². The minimum atomic E-state index is -0.353. The first kappa shape index (κ1) is 20.9.